The van der Waals surface area contributed by atoms with Crippen molar-refractivity contribution in [3.8, 4) is 0 Å². The quantitative estimate of drug-likeness (QED) is 0.340. The molecule has 3 aromatic heterocycles. The van der Waals surface area contributed by atoms with E-state index >= 15 is 0 Å². The van der Waals surface area contributed by atoms with Crippen molar-refractivity contribution in [3.05, 3.63) is 35.7 Å². The molecular weight excluding hydrogens is 306 g/mol. The van der Waals surface area contributed by atoms with Gasteiger partial charge >= 0.3 is 0 Å². The molecule has 0 amide bonds. The van der Waals surface area contributed by atoms with Crippen molar-refractivity contribution in [3.63, 3.8) is 0 Å². The molecule has 3 heterocycles. The van der Waals surface area contributed by atoms with E-state index in [2.05, 4.69) is 20.4 Å². The Morgan fingerprint density at radius 1 is 1.14 bits per heavy atom. The second kappa shape index (κ2) is 4.99. The lowest BCUT2D eigenvalue weighted by Gasteiger charge is -2.02. The number of hydrogen-bond acceptors (Lipinski definition) is 8. The standard InChI is InChI=1S/C13H9N5OS2/c14-18-12-16-10-7(5-6-20-10)11(17-12)21-13-15-8-3-1-2-4-9(8)19-13/h1-6H,14H2,(H,16,17,18). The first-order valence-electron chi connectivity index (χ1n) is 6.09. The number of nitrogens with two attached hydrogens (primary N) is 1. The van der Waals surface area contributed by atoms with E-state index in [1.54, 1.807) is 0 Å². The molecule has 1 aromatic carbocycles. The summed E-state index contributed by atoms with van der Waals surface area (Å²) in [5, 5.41) is 4.24. The summed E-state index contributed by atoms with van der Waals surface area (Å²) >= 11 is 2.89. The first kappa shape index (κ1) is 12.6. The highest BCUT2D eigenvalue weighted by atomic mass is 32.2. The fourth-order valence-corrected chi connectivity index (χ4v) is 3.62. The van der Waals surface area contributed by atoms with Crippen LogP contribution in [0, 0.1) is 0 Å². The molecule has 104 valence electrons. The number of hydrazine groups is 1. The van der Waals surface area contributed by atoms with Crippen LogP contribution < -0.4 is 11.3 Å². The highest BCUT2D eigenvalue weighted by Crippen LogP contribution is 2.35. The van der Waals surface area contributed by atoms with E-state index in [0.717, 1.165) is 26.3 Å². The van der Waals surface area contributed by atoms with Crippen LogP contribution >= 0.6 is 23.1 Å². The summed E-state index contributed by atoms with van der Waals surface area (Å²) in [7, 11) is 0. The average Bonchev–Trinajstić information content (AvgIpc) is 3.12. The van der Waals surface area contributed by atoms with Gasteiger partial charge in [-0.25, -0.2) is 20.8 Å². The second-order valence-corrected chi connectivity index (χ2v) is 6.02. The maximum absolute atomic E-state index is 5.71. The van der Waals surface area contributed by atoms with E-state index in [0.29, 0.717) is 11.2 Å². The lowest BCUT2D eigenvalue weighted by atomic mass is 10.3. The number of anilines is 1. The number of thiophene rings is 1. The van der Waals surface area contributed by atoms with Crippen molar-refractivity contribution < 1.29 is 4.42 Å². The van der Waals surface area contributed by atoms with E-state index in [1.807, 2.05) is 35.7 Å². The maximum atomic E-state index is 5.71. The maximum Gasteiger partial charge on any atom is 0.263 e. The number of hydrogen-bond donors (Lipinski definition) is 2. The summed E-state index contributed by atoms with van der Waals surface area (Å²) in [6.45, 7) is 0. The number of fused-ring (bicyclic) bond motifs is 2. The van der Waals surface area contributed by atoms with Crippen molar-refractivity contribution in [2.45, 2.75) is 10.2 Å². The number of nitrogen functional groups attached to an aromatic ring is 1. The molecule has 4 rings (SSSR count). The second-order valence-electron chi connectivity index (χ2n) is 4.19. The Morgan fingerprint density at radius 3 is 2.90 bits per heavy atom. The Bertz CT molecular complexity index is 900. The summed E-state index contributed by atoms with van der Waals surface area (Å²) in [4.78, 5) is 14.0. The third kappa shape index (κ3) is 2.23. The summed E-state index contributed by atoms with van der Waals surface area (Å²) in [5.41, 5.74) is 4.07. The molecule has 0 spiro atoms. The van der Waals surface area contributed by atoms with Gasteiger partial charge in [0.15, 0.2) is 5.58 Å². The lowest BCUT2D eigenvalue weighted by Crippen LogP contribution is -2.10. The van der Waals surface area contributed by atoms with Crippen LogP contribution in [0.4, 0.5) is 5.95 Å². The van der Waals surface area contributed by atoms with Gasteiger partial charge in [-0.05, 0) is 35.3 Å². The van der Waals surface area contributed by atoms with Gasteiger partial charge in [0.1, 0.15) is 15.4 Å². The van der Waals surface area contributed by atoms with Gasteiger partial charge in [-0.2, -0.15) is 0 Å². The smallest absolute Gasteiger partial charge is 0.263 e. The molecule has 0 saturated heterocycles. The minimum atomic E-state index is 0.378. The molecule has 0 radical (unpaired) electrons. The van der Waals surface area contributed by atoms with E-state index in [-0.39, 0.29) is 0 Å². The lowest BCUT2D eigenvalue weighted by molar-refractivity contribution is 0.489. The molecule has 0 bridgehead atoms. The zero-order valence-electron chi connectivity index (χ0n) is 10.6. The van der Waals surface area contributed by atoms with Crippen molar-refractivity contribution in [2.24, 2.45) is 5.84 Å². The number of benzene rings is 1. The van der Waals surface area contributed by atoms with Crippen LogP contribution in [0.1, 0.15) is 0 Å². The number of nitrogens with one attached hydrogen (secondary N) is 1. The Morgan fingerprint density at radius 2 is 2.05 bits per heavy atom. The largest absolute Gasteiger partial charge is 0.431 e. The van der Waals surface area contributed by atoms with Crippen LogP contribution in [0.2, 0.25) is 0 Å². The van der Waals surface area contributed by atoms with Crippen LogP contribution in [-0.4, -0.2) is 15.0 Å². The highest BCUT2D eigenvalue weighted by molar-refractivity contribution is 7.99. The zero-order chi connectivity index (χ0) is 14.2. The Hall–Kier alpha value is -2.16. The van der Waals surface area contributed by atoms with Crippen LogP contribution in [0.15, 0.2) is 50.4 Å². The van der Waals surface area contributed by atoms with Crippen molar-refractivity contribution in [2.75, 3.05) is 5.43 Å². The van der Waals surface area contributed by atoms with Gasteiger partial charge < -0.3 is 4.42 Å². The summed E-state index contributed by atoms with van der Waals surface area (Å²) in [6.07, 6.45) is 0. The number of rotatable bonds is 3. The zero-order valence-corrected chi connectivity index (χ0v) is 12.2. The van der Waals surface area contributed by atoms with Gasteiger partial charge in [0.05, 0.1) is 0 Å². The molecule has 4 aromatic rings. The molecule has 0 unspecified atom stereocenters. The predicted molar refractivity (Wildman–Crippen MR) is 83.4 cm³/mol. The first-order valence-corrected chi connectivity index (χ1v) is 7.78. The molecule has 0 aliphatic carbocycles. The Labute approximate surface area is 127 Å². The summed E-state index contributed by atoms with van der Waals surface area (Å²) in [5.74, 6) is 5.79. The van der Waals surface area contributed by atoms with Crippen LogP contribution in [0.5, 0.6) is 0 Å². The van der Waals surface area contributed by atoms with E-state index in [9.17, 15) is 0 Å². The summed E-state index contributed by atoms with van der Waals surface area (Å²) in [6, 6.07) is 9.62. The average molecular weight is 315 g/mol. The summed E-state index contributed by atoms with van der Waals surface area (Å²) < 4.78 is 5.71. The van der Waals surface area contributed by atoms with Crippen molar-refractivity contribution in [1.82, 2.24) is 15.0 Å². The monoisotopic (exact) mass is 315 g/mol. The van der Waals surface area contributed by atoms with Crippen LogP contribution in [-0.2, 0) is 0 Å². The molecule has 0 atom stereocenters. The van der Waals surface area contributed by atoms with Gasteiger partial charge in [0, 0.05) is 5.39 Å². The molecule has 0 aliphatic rings. The molecule has 3 N–H and O–H groups in total. The first-order chi connectivity index (χ1) is 10.3. The van der Waals surface area contributed by atoms with Gasteiger partial charge in [-0.15, -0.1) is 11.3 Å². The fraction of sp³-hybridized carbons (Fsp3) is 0. The number of para-hydroxylation sites is 2. The Balaban J connectivity index is 1.80. The van der Waals surface area contributed by atoms with Crippen molar-refractivity contribution in [1.29, 1.82) is 0 Å². The molecule has 0 aliphatic heterocycles. The highest BCUT2D eigenvalue weighted by Gasteiger charge is 2.13. The molecule has 21 heavy (non-hydrogen) atoms. The van der Waals surface area contributed by atoms with Gasteiger partial charge in [-0.1, -0.05) is 12.1 Å². The van der Waals surface area contributed by atoms with Crippen molar-refractivity contribution >= 4 is 50.4 Å². The van der Waals surface area contributed by atoms with Gasteiger partial charge in [0.25, 0.3) is 5.22 Å². The molecule has 8 heteroatoms. The van der Waals surface area contributed by atoms with E-state index < -0.39 is 0 Å². The minimum Gasteiger partial charge on any atom is -0.431 e. The number of nitrogens with zero attached hydrogens (tertiary/aromatic N) is 3. The van der Waals surface area contributed by atoms with Gasteiger partial charge in [-0.3, -0.25) is 5.43 Å². The van der Waals surface area contributed by atoms with Gasteiger partial charge in [0.2, 0.25) is 5.95 Å². The SMILES string of the molecule is NNc1nc(Sc2nc3ccccc3o2)c2ccsc2n1. The third-order valence-corrected chi connectivity index (χ3v) is 4.54. The van der Waals surface area contributed by atoms with E-state index in [4.69, 9.17) is 10.3 Å². The topological polar surface area (TPSA) is 89.9 Å². The van der Waals surface area contributed by atoms with Crippen LogP contribution in [0.3, 0.4) is 0 Å². The normalized spacial score (nSPS) is 11.3. The molecule has 0 fully saturated rings. The van der Waals surface area contributed by atoms with E-state index in [1.165, 1.54) is 23.1 Å². The molecule has 6 nitrogen and oxygen atoms in total. The molecular formula is C13H9N5OS2. The number of oxazole rings is 1. The molecule has 0 saturated carbocycles. The third-order valence-electron chi connectivity index (χ3n) is 2.88. The Kier molecular flexibility index (Phi) is 2.99. The predicted octanol–water partition coefficient (Wildman–Crippen LogP) is 3.27. The minimum absolute atomic E-state index is 0.378. The van der Waals surface area contributed by atoms with Crippen LogP contribution in [0.25, 0.3) is 21.3 Å². The fourth-order valence-electron chi connectivity index (χ4n) is 1.95. The number of aromatic nitrogens is 3.